The van der Waals surface area contributed by atoms with Crippen LogP contribution in [0, 0.1) is 5.82 Å². The highest BCUT2D eigenvalue weighted by Gasteiger charge is 2.35. The molecule has 0 N–H and O–H groups in total. The van der Waals surface area contributed by atoms with Crippen LogP contribution in [0.25, 0.3) is 0 Å². The number of carbonyl (C=O) groups excluding carboxylic acids is 1. The number of hydrogen-bond acceptors (Lipinski definition) is 3. The van der Waals surface area contributed by atoms with Gasteiger partial charge in [0.15, 0.2) is 0 Å². The van der Waals surface area contributed by atoms with Crippen LogP contribution in [0.5, 0.6) is 0 Å². The zero-order chi connectivity index (χ0) is 18.6. The number of amides is 1. The van der Waals surface area contributed by atoms with Crippen molar-refractivity contribution in [2.75, 3.05) is 17.6 Å². The van der Waals surface area contributed by atoms with Crippen LogP contribution in [-0.4, -0.2) is 44.6 Å². The molecule has 0 heterocycles. The average molecular weight is 370 g/mol. The van der Waals surface area contributed by atoms with Crippen molar-refractivity contribution in [1.82, 2.24) is 4.90 Å². The Morgan fingerprint density at radius 2 is 1.76 bits per heavy atom. The fourth-order valence-corrected chi connectivity index (χ4v) is 4.72. The van der Waals surface area contributed by atoms with Gasteiger partial charge < -0.3 is 4.90 Å². The summed E-state index contributed by atoms with van der Waals surface area (Å²) in [5.41, 5.74) is 0.307. The predicted molar refractivity (Wildman–Crippen MR) is 97.4 cm³/mol. The van der Waals surface area contributed by atoms with Gasteiger partial charge in [-0.05, 0) is 43.5 Å². The lowest BCUT2D eigenvalue weighted by Crippen LogP contribution is -2.52. The number of benzene rings is 1. The van der Waals surface area contributed by atoms with Crippen LogP contribution in [0.1, 0.15) is 45.4 Å². The van der Waals surface area contributed by atoms with Gasteiger partial charge in [0, 0.05) is 13.1 Å². The Kier molecular flexibility index (Phi) is 6.43. The minimum Gasteiger partial charge on any atom is -0.341 e. The zero-order valence-corrected chi connectivity index (χ0v) is 15.9. The van der Waals surface area contributed by atoms with Gasteiger partial charge in [0.05, 0.1) is 11.9 Å². The highest BCUT2D eigenvalue weighted by Crippen LogP contribution is 2.27. The van der Waals surface area contributed by atoms with Gasteiger partial charge in [0.2, 0.25) is 15.9 Å². The fourth-order valence-electron chi connectivity index (χ4n) is 3.51. The second kappa shape index (κ2) is 8.17. The van der Waals surface area contributed by atoms with E-state index in [1.54, 1.807) is 18.9 Å². The third kappa shape index (κ3) is 4.71. The van der Waals surface area contributed by atoms with E-state index in [-0.39, 0.29) is 11.9 Å². The monoisotopic (exact) mass is 370 g/mol. The SMILES string of the molecule is CCC(C(=O)N(C)C1CCCCC1)N(c1ccc(F)cc1)S(C)(=O)=O. The lowest BCUT2D eigenvalue weighted by atomic mass is 9.94. The number of hydrogen-bond donors (Lipinski definition) is 0. The van der Waals surface area contributed by atoms with Gasteiger partial charge in [-0.25, -0.2) is 12.8 Å². The summed E-state index contributed by atoms with van der Waals surface area (Å²) in [6.45, 7) is 1.79. The average Bonchev–Trinajstić information content (AvgIpc) is 2.59. The molecule has 0 spiro atoms. The Balaban J connectivity index is 2.32. The topological polar surface area (TPSA) is 57.7 Å². The van der Waals surface area contributed by atoms with Gasteiger partial charge in [0.25, 0.3) is 0 Å². The molecule has 0 aliphatic heterocycles. The van der Waals surface area contributed by atoms with E-state index in [1.807, 2.05) is 0 Å². The number of anilines is 1. The molecule has 0 aromatic heterocycles. The van der Waals surface area contributed by atoms with Crippen LogP contribution in [0.3, 0.4) is 0 Å². The standard InChI is InChI=1S/C18H27FN2O3S/c1-4-17(18(22)20(2)15-8-6-5-7-9-15)21(25(3,23)24)16-12-10-14(19)11-13-16/h10-13,15,17H,4-9H2,1-3H3. The van der Waals surface area contributed by atoms with E-state index in [1.165, 1.54) is 30.7 Å². The Bertz CT molecular complexity index is 685. The minimum atomic E-state index is -3.69. The van der Waals surface area contributed by atoms with Crippen molar-refractivity contribution in [3.63, 3.8) is 0 Å². The third-order valence-electron chi connectivity index (χ3n) is 4.86. The van der Waals surface area contributed by atoms with Gasteiger partial charge in [0.1, 0.15) is 11.9 Å². The van der Waals surface area contributed by atoms with Crippen molar-refractivity contribution in [2.24, 2.45) is 0 Å². The molecule has 1 amide bonds. The van der Waals surface area contributed by atoms with Crippen LogP contribution in [-0.2, 0) is 14.8 Å². The van der Waals surface area contributed by atoms with E-state index in [0.717, 1.165) is 36.2 Å². The van der Waals surface area contributed by atoms with Gasteiger partial charge in [-0.3, -0.25) is 9.10 Å². The van der Waals surface area contributed by atoms with Crippen LogP contribution in [0.2, 0.25) is 0 Å². The molecule has 1 aliphatic carbocycles. The fraction of sp³-hybridized carbons (Fsp3) is 0.611. The predicted octanol–water partition coefficient (Wildman–Crippen LogP) is 3.16. The summed E-state index contributed by atoms with van der Waals surface area (Å²) in [7, 11) is -1.93. The van der Waals surface area contributed by atoms with E-state index in [9.17, 15) is 17.6 Å². The molecule has 0 radical (unpaired) electrons. The zero-order valence-electron chi connectivity index (χ0n) is 15.1. The Labute approximate surface area is 149 Å². The van der Waals surface area contributed by atoms with E-state index >= 15 is 0 Å². The first-order valence-electron chi connectivity index (χ1n) is 8.77. The molecule has 25 heavy (non-hydrogen) atoms. The number of rotatable bonds is 6. The molecule has 1 aromatic carbocycles. The molecule has 1 unspecified atom stereocenters. The molecule has 0 saturated heterocycles. The van der Waals surface area contributed by atoms with E-state index in [2.05, 4.69) is 0 Å². The van der Waals surface area contributed by atoms with Gasteiger partial charge in [-0.1, -0.05) is 26.2 Å². The molecule has 1 saturated carbocycles. The maximum absolute atomic E-state index is 13.2. The summed E-state index contributed by atoms with van der Waals surface area (Å²) in [5, 5.41) is 0. The largest absolute Gasteiger partial charge is 0.341 e. The molecule has 1 aliphatic rings. The second-order valence-corrected chi connectivity index (χ2v) is 8.56. The molecular formula is C18H27FN2O3S. The number of nitrogens with zero attached hydrogens (tertiary/aromatic N) is 2. The van der Waals surface area contributed by atoms with E-state index in [0.29, 0.717) is 12.1 Å². The summed E-state index contributed by atoms with van der Waals surface area (Å²) in [6, 6.07) is 4.53. The molecule has 1 fully saturated rings. The quantitative estimate of drug-likeness (QED) is 0.773. The highest BCUT2D eigenvalue weighted by molar-refractivity contribution is 7.92. The minimum absolute atomic E-state index is 0.157. The van der Waals surface area contributed by atoms with Gasteiger partial charge >= 0.3 is 0 Å². The Hall–Kier alpha value is -1.63. The van der Waals surface area contributed by atoms with E-state index in [4.69, 9.17) is 0 Å². The molecule has 140 valence electrons. The molecule has 1 atom stereocenters. The molecule has 1 aromatic rings. The second-order valence-electron chi connectivity index (χ2n) is 6.70. The van der Waals surface area contributed by atoms with Crippen molar-refractivity contribution in [2.45, 2.75) is 57.5 Å². The number of carbonyl (C=O) groups is 1. The lowest BCUT2D eigenvalue weighted by Gasteiger charge is -2.37. The first-order valence-corrected chi connectivity index (χ1v) is 10.6. The van der Waals surface area contributed by atoms with Crippen LogP contribution >= 0.6 is 0 Å². The Morgan fingerprint density at radius 1 is 1.20 bits per heavy atom. The van der Waals surface area contributed by atoms with Gasteiger partial charge in [-0.2, -0.15) is 0 Å². The molecule has 0 bridgehead atoms. The highest BCUT2D eigenvalue weighted by atomic mass is 32.2. The maximum atomic E-state index is 13.2. The maximum Gasteiger partial charge on any atom is 0.246 e. The van der Waals surface area contributed by atoms with Crippen molar-refractivity contribution >= 4 is 21.6 Å². The number of halogens is 1. The van der Waals surface area contributed by atoms with E-state index < -0.39 is 21.9 Å². The first kappa shape index (κ1) is 19.7. The summed E-state index contributed by atoms with van der Waals surface area (Å²) in [4.78, 5) is 14.8. The van der Waals surface area contributed by atoms with Crippen molar-refractivity contribution < 1.29 is 17.6 Å². The summed E-state index contributed by atoms with van der Waals surface area (Å²) >= 11 is 0. The van der Waals surface area contributed by atoms with Crippen molar-refractivity contribution in [1.29, 1.82) is 0 Å². The van der Waals surface area contributed by atoms with Gasteiger partial charge in [-0.15, -0.1) is 0 Å². The van der Waals surface area contributed by atoms with Crippen LogP contribution in [0.15, 0.2) is 24.3 Å². The van der Waals surface area contributed by atoms with Crippen LogP contribution in [0.4, 0.5) is 10.1 Å². The van der Waals surface area contributed by atoms with Crippen molar-refractivity contribution in [3.05, 3.63) is 30.1 Å². The first-order chi connectivity index (χ1) is 11.8. The molecule has 2 rings (SSSR count). The van der Waals surface area contributed by atoms with Crippen molar-refractivity contribution in [3.8, 4) is 0 Å². The van der Waals surface area contributed by atoms with Crippen LogP contribution < -0.4 is 4.31 Å². The number of sulfonamides is 1. The summed E-state index contributed by atoms with van der Waals surface area (Å²) in [5.74, 6) is -0.653. The summed E-state index contributed by atoms with van der Waals surface area (Å²) < 4.78 is 39.1. The smallest absolute Gasteiger partial charge is 0.246 e. The third-order valence-corrected chi connectivity index (χ3v) is 6.04. The molecule has 7 heteroatoms. The lowest BCUT2D eigenvalue weighted by molar-refractivity contribution is -0.133. The molecule has 5 nitrogen and oxygen atoms in total. The Morgan fingerprint density at radius 3 is 2.24 bits per heavy atom. The number of likely N-dealkylation sites (N-methyl/N-ethyl adjacent to an activating group) is 1. The summed E-state index contributed by atoms with van der Waals surface area (Å²) in [6.07, 6.45) is 6.69. The molecular weight excluding hydrogens is 343 g/mol. The normalized spacial score (nSPS) is 17.1.